The summed E-state index contributed by atoms with van der Waals surface area (Å²) in [5.74, 6) is 0.289. The summed E-state index contributed by atoms with van der Waals surface area (Å²) in [5.41, 5.74) is 5.46. The fourth-order valence-corrected chi connectivity index (χ4v) is 2.26. The highest BCUT2D eigenvalue weighted by atomic mass is 16.5. The van der Waals surface area contributed by atoms with E-state index >= 15 is 0 Å². The third-order valence-electron chi connectivity index (χ3n) is 3.44. The van der Waals surface area contributed by atoms with E-state index in [4.69, 9.17) is 15.7 Å². The number of nitrogens with zero attached hydrogens (tertiary/aromatic N) is 2. The fourth-order valence-electron chi connectivity index (χ4n) is 2.26. The van der Waals surface area contributed by atoms with Crippen molar-refractivity contribution in [3.05, 3.63) is 0 Å². The van der Waals surface area contributed by atoms with Crippen LogP contribution in [0, 0.1) is 0 Å². The number of likely N-dealkylation sites (tertiary alicyclic amines) is 1. The first kappa shape index (κ1) is 13.3. The highest BCUT2D eigenvalue weighted by Gasteiger charge is 2.32. The van der Waals surface area contributed by atoms with Gasteiger partial charge in [-0.25, -0.2) is 0 Å². The summed E-state index contributed by atoms with van der Waals surface area (Å²) in [6, 6.07) is 0.283. The maximum absolute atomic E-state index is 8.55. The molecule has 3 N–H and O–H groups in total. The summed E-state index contributed by atoms with van der Waals surface area (Å²) in [6.45, 7) is 6.19. The van der Waals surface area contributed by atoms with E-state index in [0.29, 0.717) is 6.42 Å². The van der Waals surface area contributed by atoms with Gasteiger partial charge in [0, 0.05) is 26.1 Å². The van der Waals surface area contributed by atoms with Gasteiger partial charge in [0.1, 0.15) is 5.84 Å². The lowest BCUT2D eigenvalue weighted by atomic mass is 9.93. The second-order valence-electron chi connectivity index (χ2n) is 4.87. The summed E-state index contributed by atoms with van der Waals surface area (Å²) in [5, 5.41) is 11.6. The van der Waals surface area contributed by atoms with Crippen LogP contribution in [0.2, 0.25) is 0 Å². The van der Waals surface area contributed by atoms with E-state index in [1.165, 1.54) is 0 Å². The number of piperidine rings is 1. The van der Waals surface area contributed by atoms with Crippen LogP contribution in [-0.2, 0) is 4.74 Å². The first-order valence-electron chi connectivity index (χ1n) is 5.76. The molecular formula is C11H23N3O2. The maximum atomic E-state index is 8.55. The van der Waals surface area contributed by atoms with Crippen LogP contribution < -0.4 is 5.73 Å². The monoisotopic (exact) mass is 229 g/mol. The zero-order valence-electron chi connectivity index (χ0n) is 10.4. The molecule has 2 atom stereocenters. The lowest BCUT2D eigenvalue weighted by molar-refractivity contribution is -0.0589. The van der Waals surface area contributed by atoms with E-state index in [1.807, 2.05) is 0 Å². The molecule has 0 amide bonds. The molecule has 0 aromatic heterocycles. The van der Waals surface area contributed by atoms with Crippen LogP contribution in [0.25, 0.3) is 0 Å². The standard InChI is InChI=1S/C11H23N3O2/c1-9(7-10(12)13-15)14-6-4-5-11(2,8-14)16-3/h9,15H,4-8H2,1-3H3,(H2,12,13). The highest BCUT2D eigenvalue weighted by molar-refractivity contribution is 5.80. The minimum atomic E-state index is -0.0579. The van der Waals surface area contributed by atoms with Gasteiger partial charge in [0.2, 0.25) is 0 Å². The molecule has 5 nitrogen and oxygen atoms in total. The van der Waals surface area contributed by atoms with Gasteiger partial charge in [-0.2, -0.15) is 0 Å². The van der Waals surface area contributed by atoms with Crippen LogP contribution in [0.3, 0.4) is 0 Å². The maximum Gasteiger partial charge on any atom is 0.140 e. The van der Waals surface area contributed by atoms with Gasteiger partial charge in [0.05, 0.1) is 5.60 Å². The second-order valence-corrected chi connectivity index (χ2v) is 4.87. The van der Waals surface area contributed by atoms with Gasteiger partial charge < -0.3 is 15.7 Å². The molecule has 0 radical (unpaired) electrons. The predicted molar refractivity (Wildman–Crippen MR) is 63.7 cm³/mol. The Morgan fingerprint density at radius 3 is 2.94 bits per heavy atom. The van der Waals surface area contributed by atoms with Gasteiger partial charge in [-0.3, -0.25) is 4.90 Å². The van der Waals surface area contributed by atoms with E-state index < -0.39 is 0 Å². The van der Waals surface area contributed by atoms with Gasteiger partial charge in [-0.05, 0) is 33.2 Å². The number of hydrogen-bond acceptors (Lipinski definition) is 4. The number of amidine groups is 1. The zero-order valence-corrected chi connectivity index (χ0v) is 10.4. The average molecular weight is 229 g/mol. The Hall–Kier alpha value is -0.810. The molecule has 0 saturated carbocycles. The molecule has 1 aliphatic rings. The molecule has 0 spiro atoms. The quantitative estimate of drug-likeness (QED) is 0.327. The Morgan fingerprint density at radius 1 is 1.69 bits per heavy atom. The van der Waals surface area contributed by atoms with E-state index in [2.05, 4.69) is 23.9 Å². The van der Waals surface area contributed by atoms with Crippen molar-refractivity contribution in [2.45, 2.75) is 44.8 Å². The van der Waals surface area contributed by atoms with Gasteiger partial charge in [0.15, 0.2) is 0 Å². The lowest BCUT2D eigenvalue weighted by Crippen LogP contribution is -2.51. The number of nitrogens with two attached hydrogens (primary N) is 1. The van der Waals surface area contributed by atoms with Crippen molar-refractivity contribution < 1.29 is 9.94 Å². The summed E-state index contributed by atoms with van der Waals surface area (Å²) in [6.07, 6.45) is 2.82. The third kappa shape index (κ3) is 3.35. The molecule has 5 heteroatoms. The molecule has 0 aliphatic carbocycles. The number of oxime groups is 1. The molecule has 1 rings (SSSR count). The molecule has 16 heavy (non-hydrogen) atoms. The van der Waals surface area contributed by atoms with E-state index in [0.717, 1.165) is 25.9 Å². The number of methoxy groups -OCH3 is 1. The van der Waals surface area contributed by atoms with Gasteiger partial charge in [-0.1, -0.05) is 5.16 Å². The number of ether oxygens (including phenoxy) is 1. The van der Waals surface area contributed by atoms with Gasteiger partial charge in [0.25, 0.3) is 0 Å². The molecule has 1 fully saturated rings. The minimum Gasteiger partial charge on any atom is -0.409 e. The molecule has 1 aliphatic heterocycles. The summed E-state index contributed by atoms with van der Waals surface area (Å²) < 4.78 is 5.54. The zero-order chi connectivity index (χ0) is 12.2. The Morgan fingerprint density at radius 2 is 2.38 bits per heavy atom. The van der Waals surface area contributed by atoms with Crippen LogP contribution in [0.4, 0.5) is 0 Å². The van der Waals surface area contributed by atoms with Crippen LogP contribution in [0.15, 0.2) is 5.16 Å². The van der Waals surface area contributed by atoms with Crippen LogP contribution in [0.1, 0.15) is 33.1 Å². The van der Waals surface area contributed by atoms with Gasteiger partial charge >= 0.3 is 0 Å². The fraction of sp³-hybridized carbons (Fsp3) is 0.909. The summed E-state index contributed by atoms with van der Waals surface area (Å²) >= 11 is 0. The average Bonchev–Trinajstić information content (AvgIpc) is 2.29. The van der Waals surface area contributed by atoms with E-state index in [1.54, 1.807) is 7.11 Å². The lowest BCUT2D eigenvalue weighted by Gasteiger charge is -2.42. The van der Waals surface area contributed by atoms with Crippen molar-refractivity contribution in [3.8, 4) is 0 Å². The Labute approximate surface area is 97.2 Å². The van der Waals surface area contributed by atoms with E-state index in [-0.39, 0.29) is 17.5 Å². The van der Waals surface area contributed by atoms with Crippen LogP contribution in [-0.4, -0.2) is 47.8 Å². The summed E-state index contributed by atoms with van der Waals surface area (Å²) in [7, 11) is 1.76. The first-order chi connectivity index (χ1) is 7.50. The number of hydrogen-bond donors (Lipinski definition) is 2. The number of rotatable bonds is 4. The van der Waals surface area contributed by atoms with Gasteiger partial charge in [-0.15, -0.1) is 0 Å². The molecule has 2 unspecified atom stereocenters. The van der Waals surface area contributed by atoms with Crippen molar-refractivity contribution in [3.63, 3.8) is 0 Å². The first-order valence-corrected chi connectivity index (χ1v) is 5.76. The molecule has 1 saturated heterocycles. The molecule has 94 valence electrons. The van der Waals surface area contributed by atoms with Crippen LogP contribution >= 0.6 is 0 Å². The Kier molecular flexibility index (Phi) is 4.56. The molecule has 0 bridgehead atoms. The van der Waals surface area contributed by atoms with Crippen LogP contribution in [0.5, 0.6) is 0 Å². The molecule has 1 heterocycles. The van der Waals surface area contributed by atoms with Crippen molar-refractivity contribution in [2.75, 3.05) is 20.2 Å². The largest absolute Gasteiger partial charge is 0.409 e. The highest BCUT2D eigenvalue weighted by Crippen LogP contribution is 2.25. The minimum absolute atomic E-state index is 0.0579. The van der Waals surface area contributed by atoms with E-state index in [9.17, 15) is 0 Å². The van der Waals surface area contributed by atoms with Crippen molar-refractivity contribution in [1.82, 2.24) is 4.90 Å². The van der Waals surface area contributed by atoms with Crippen molar-refractivity contribution in [2.24, 2.45) is 10.9 Å². The SMILES string of the molecule is COC1(C)CCCN(C(C)CC(N)=NO)C1. The third-order valence-corrected chi connectivity index (χ3v) is 3.44. The molecule has 0 aromatic carbocycles. The molecular weight excluding hydrogens is 206 g/mol. The Balaban J connectivity index is 2.53. The second kappa shape index (κ2) is 5.50. The molecule has 0 aromatic rings. The normalized spacial score (nSPS) is 30.3. The predicted octanol–water partition coefficient (Wildman–Crippen LogP) is 1.01. The summed E-state index contributed by atoms with van der Waals surface area (Å²) in [4.78, 5) is 2.34. The smallest absolute Gasteiger partial charge is 0.140 e. The van der Waals surface area contributed by atoms with Crippen molar-refractivity contribution in [1.29, 1.82) is 0 Å². The topological polar surface area (TPSA) is 71.1 Å². The Bertz CT molecular complexity index is 258. The van der Waals surface area contributed by atoms with Crippen molar-refractivity contribution >= 4 is 5.84 Å².